The third-order valence-corrected chi connectivity index (χ3v) is 5.24. The molecule has 0 aliphatic heterocycles. The average molecular weight is 506 g/mol. The Balaban J connectivity index is 1.64. The minimum Gasteiger partial charge on any atom is -0.486 e. The number of alkyl halides is 3. The van der Waals surface area contributed by atoms with Gasteiger partial charge in [-0.1, -0.05) is 31.5 Å². The molecule has 36 heavy (non-hydrogen) atoms. The highest BCUT2D eigenvalue weighted by molar-refractivity contribution is 6.08. The van der Waals surface area contributed by atoms with Crippen LogP contribution in [0.1, 0.15) is 53.8 Å². The van der Waals surface area contributed by atoms with Crippen molar-refractivity contribution < 1.29 is 36.3 Å². The van der Waals surface area contributed by atoms with Crippen molar-refractivity contribution in [1.29, 1.82) is 0 Å². The van der Waals surface area contributed by atoms with E-state index in [1.54, 1.807) is 0 Å². The first-order valence-electron chi connectivity index (χ1n) is 11.1. The third kappa shape index (κ3) is 7.03. The number of hydrogen-bond donors (Lipinski definition) is 2. The molecular formula is C26H23F5N2O3. The minimum absolute atomic E-state index is 0.265. The maximum Gasteiger partial charge on any atom is 0.416 e. The topological polar surface area (TPSA) is 67.4 Å². The van der Waals surface area contributed by atoms with Crippen molar-refractivity contribution in [3.05, 3.63) is 95.1 Å². The van der Waals surface area contributed by atoms with E-state index in [4.69, 9.17) is 4.74 Å². The van der Waals surface area contributed by atoms with Gasteiger partial charge in [-0.15, -0.1) is 0 Å². The van der Waals surface area contributed by atoms with Gasteiger partial charge in [0, 0.05) is 5.69 Å². The highest BCUT2D eigenvalue weighted by Crippen LogP contribution is 2.32. The summed E-state index contributed by atoms with van der Waals surface area (Å²) in [7, 11) is 0. The molecule has 0 saturated carbocycles. The maximum atomic E-state index is 13.7. The highest BCUT2D eigenvalue weighted by Gasteiger charge is 2.30. The number of amides is 3. The smallest absolute Gasteiger partial charge is 0.416 e. The Morgan fingerprint density at radius 1 is 0.917 bits per heavy atom. The Kier molecular flexibility index (Phi) is 8.63. The van der Waals surface area contributed by atoms with Gasteiger partial charge in [0.1, 0.15) is 29.1 Å². The number of rotatable bonds is 8. The van der Waals surface area contributed by atoms with Crippen molar-refractivity contribution >= 4 is 17.6 Å². The predicted molar refractivity (Wildman–Crippen MR) is 124 cm³/mol. The number of halogens is 5. The minimum atomic E-state index is -4.43. The van der Waals surface area contributed by atoms with Gasteiger partial charge in [0.15, 0.2) is 0 Å². The van der Waals surface area contributed by atoms with Gasteiger partial charge >= 0.3 is 12.2 Å². The largest absolute Gasteiger partial charge is 0.486 e. The zero-order valence-corrected chi connectivity index (χ0v) is 19.2. The van der Waals surface area contributed by atoms with Crippen molar-refractivity contribution in [2.45, 2.75) is 38.5 Å². The Morgan fingerprint density at radius 2 is 1.53 bits per heavy atom. The number of ether oxygens (including phenoxy) is 1. The van der Waals surface area contributed by atoms with Crippen LogP contribution in [0.25, 0.3) is 0 Å². The van der Waals surface area contributed by atoms with Crippen LogP contribution >= 0.6 is 0 Å². The molecule has 190 valence electrons. The Bertz CT molecular complexity index is 1180. The molecule has 5 nitrogen and oxygen atoms in total. The molecule has 2 N–H and O–H groups in total. The van der Waals surface area contributed by atoms with Crippen LogP contribution in [0.3, 0.4) is 0 Å². The molecule has 0 saturated heterocycles. The van der Waals surface area contributed by atoms with E-state index < -0.39 is 47.0 Å². The van der Waals surface area contributed by atoms with Gasteiger partial charge in [0.2, 0.25) is 0 Å². The van der Waals surface area contributed by atoms with Gasteiger partial charge in [-0.3, -0.25) is 10.1 Å². The number of anilines is 1. The van der Waals surface area contributed by atoms with Crippen molar-refractivity contribution in [2.24, 2.45) is 0 Å². The normalized spacial score (nSPS) is 12.1. The number of carbonyl (C=O) groups excluding carboxylic acids is 2. The zero-order chi connectivity index (χ0) is 26.3. The van der Waals surface area contributed by atoms with E-state index in [9.17, 15) is 31.5 Å². The second kappa shape index (κ2) is 11.7. The first-order chi connectivity index (χ1) is 17.1. The van der Waals surface area contributed by atoms with E-state index >= 15 is 0 Å². The number of benzene rings is 3. The van der Waals surface area contributed by atoms with E-state index in [1.165, 1.54) is 36.4 Å². The number of hydrogen-bond acceptors (Lipinski definition) is 3. The van der Waals surface area contributed by atoms with Crippen molar-refractivity contribution in [1.82, 2.24) is 5.32 Å². The Hall–Kier alpha value is -3.95. The molecule has 1 unspecified atom stereocenters. The van der Waals surface area contributed by atoms with Crippen molar-refractivity contribution in [2.75, 3.05) is 5.32 Å². The monoisotopic (exact) mass is 506 g/mol. The van der Waals surface area contributed by atoms with Gasteiger partial charge < -0.3 is 10.1 Å². The van der Waals surface area contributed by atoms with Crippen LogP contribution in [0.15, 0.2) is 66.7 Å². The van der Waals surface area contributed by atoms with E-state index in [-0.39, 0.29) is 5.69 Å². The van der Waals surface area contributed by atoms with Crippen LogP contribution in [-0.2, 0) is 6.18 Å². The number of nitrogens with one attached hydrogen (secondary N) is 2. The lowest BCUT2D eigenvalue weighted by atomic mass is 10.0. The van der Waals surface area contributed by atoms with Crippen molar-refractivity contribution in [3.8, 4) is 5.75 Å². The molecule has 0 spiro atoms. The number of imide groups is 1. The first kappa shape index (κ1) is 26.7. The summed E-state index contributed by atoms with van der Waals surface area (Å²) in [6.07, 6.45) is -2.67. The fourth-order valence-corrected chi connectivity index (χ4v) is 3.39. The fourth-order valence-electron chi connectivity index (χ4n) is 3.39. The number of carbonyl (C=O) groups is 2. The predicted octanol–water partition coefficient (Wildman–Crippen LogP) is 7.26. The lowest BCUT2D eigenvalue weighted by Gasteiger charge is -2.20. The molecule has 0 radical (unpaired) electrons. The molecule has 3 rings (SSSR count). The van der Waals surface area contributed by atoms with E-state index in [0.717, 1.165) is 43.2 Å². The average Bonchev–Trinajstić information content (AvgIpc) is 2.82. The van der Waals surface area contributed by atoms with Crippen LogP contribution in [0.2, 0.25) is 0 Å². The summed E-state index contributed by atoms with van der Waals surface area (Å²) in [6, 6.07) is 12.7. The van der Waals surface area contributed by atoms with Crippen molar-refractivity contribution in [3.63, 3.8) is 0 Å². The number of unbranched alkanes of at least 4 members (excludes halogenated alkanes) is 1. The molecule has 1 atom stereocenters. The molecule has 0 aliphatic rings. The van der Waals surface area contributed by atoms with Crippen LogP contribution in [0.4, 0.5) is 32.4 Å². The molecule has 0 bridgehead atoms. The van der Waals surface area contributed by atoms with Gasteiger partial charge in [-0.2, -0.15) is 13.2 Å². The van der Waals surface area contributed by atoms with Gasteiger partial charge in [-0.05, 0) is 66.9 Å². The fraction of sp³-hybridized carbons (Fsp3) is 0.231. The molecule has 3 amide bonds. The van der Waals surface area contributed by atoms with E-state index in [0.29, 0.717) is 17.7 Å². The van der Waals surface area contributed by atoms with Crippen LogP contribution < -0.4 is 15.4 Å². The Morgan fingerprint density at radius 3 is 2.08 bits per heavy atom. The summed E-state index contributed by atoms with van der Waals surface area (Å²) in [4.78, 5) is 24.1. The Labute approximate surface area is 204 Å². The lowest BCUT2D eigenvalue weighted by Crippen LogP contribution is -2.35. The van der Waals surface area contributed by atoms with Gasteiger partial charge in [0.25, 0.3) is 5.91 Å². The maximum absolute atomic E-state index is 13.7. The number of urea groups is 1. The second-order valence-electron chi connectivity index (χ2n) is 7.90. The third-order valence-electron chi connectivity index (χ3n) is 5.24. The molecule has 0 aromatic heterocycles. The lowest BCUT2D eigenvalue weighted by molar-refractivity contribution is -0.137. The van der Waals surface area contributed by atoms with E-state index in [1.807, 2.05) is 12.2 Å². The molecular weight excluding hydrogens is 483 g/mol. The molecule has 10 heteroatoms. The van der Waals surface area contributed by atoms with Crippen LogP contribution in [-0.4, -0.2) is 11.9 Å². The van der Waals surface area contributed by atoms with Crippen LogP contribution in [0, 0.1) is 11.6 Å². The summed E-state index contributed by atoms with van der Waals surface area (Å²) < 4.78 is 72.0. The standard InChI is InChI=1S/C26H23F5N2O3/c1-2-3-7-22(16-8-10-17(11-9-16)26(29,30)31)36-19-14-12-18(13-15-19)32-25(35)33-24(34)23-20(27)5-4-6-21(23)28/h4-6,8-15,22H,2-3,7H2,1H3,(H2,32,33,34,35). The summed E-state index contributed by atoms with van der Waals surface area (Å²) >= 11 is 0. The molecule has 0 heterocycles. The first-order valence-corrected chi connectivity index (χ1v) is 11.1. The summed E-state index contributed by atoms with van der Waals surface area (Å²) in [5.74, 6) is -3.04. The quantitative estimate of drug-likeness (QED) is 0.316. The summed E-state index contributed by atoms with van der Waals surface area (Å²) in [5, 5.41) is 4.22. The van der Waals surface area contributed by atoms with Crippen LogP contribution in [0.5, 0.6) is 5.75 Å². The second-order valence-corrected chi connectivity index (χ2v) is 7.90. The summed E-state index contributed by atoms with van der Waals surface area (Å²) in [6.45, 7) is 1.99. The van der Waals surface area contributed by atoms with Gasteiger partial charge in [-0.25, -0.2) is 13.6 Å². The van der Waals surface area contributed by atoms with E-state index in [2.05, 4.69) is 5.32 Å². The zero-order valence-electron chi connectivity index (χ0n) is 19.2. The SMILES string of the molecule is CCCCC(Oc1ccc(NC(=O)NC(=O)c2c(F)cccc2F)cc1)c1ccc(C(F)(F)F)cc1. The molecule has 3 aromatic carbocycles. The molecule has 3 aromatic rings. The molecule has 0 aliphatic carbocycles. The highest BCUT2D eigenvalue weighted by atomic mass is 19.4. The summed E-state index contributed by atoms with van der Waals surface area (Å²) in [5.41, 5.74) is -0.763. The van der Waals surface area contributed by atoms with Gasteiger partial charge in [0.05, 0.1) is 5.56 Å². The molecule has 0 fully saturated rings.